The van der Waals surface area contributed by atoms with Crippen molar-refractivity contribution in [3.8, 4) is 11.5 Å². The molecule has 0 unspecified atom stereocenters. The molecule has 1 atom stereocenters. The summed E-state index contributed by atoms with van der Waals surface area (Å²) in [5, 5.41) is 9.65. The summed E-state index contributed by atoms with van der Waals surface area (Å²) in [4.78, 5) is 0. The first-order valence-electron chi connectivity index (χ1n) is 5.03. The molecule has 4 heteroatoms. The molecule has 0 amide bonds. The third-order valence-electron chi connectivity index (χ3n) is 2.38. The Balaban J connectivity index is 2.96. The van der Waals surface area contributed by atoms with Crippen molar-refractivity contribution < 1.29 is 9.84 Å². The Morgan fingerprint density at radius 2 is 2.31 bits per heavy atom. The molecule has 0 heterocycles. The molecule has 0 aliphatic rings. The average molecular weight is 286 g/mol. The number of ether oxygens (including phenoxy) is 1. The van der Waals surface area contributed by atoms with E-state index in [9.17, 15) is 5.11 Å². The van der Waals surface area contributed by atoms with Gasteiger partial charge in [-0.1, -0.05) is 6.08 Å². The van der Waals surface area contributed by atoms with E-state index in [4.69, 9.17) is 10.5 Å². The van der Waals surface area contributed by atoms with Crippen molar-refractivity contribution >= 4 is 15.9 Å². The number of hydrogen-bond donors (Lipinski definition) is 2. The van der Waals surface area contributed by atoms with Crippen molar-refractivity contribution in [3.05, 3.63) is 34.8 Å². The Morgan fingerprint density at radius 1 is 1.62 bits per heavy atom. The van der Waals surface area contributed by atoms with Crippen molar-refractivity contribution in [1.29, 1.82) is 0 Å². The number of hydrogen-bond acceptors (Lipinski definition) is 3. The molecular formula is C12H16BrNO2. The highest BCUT2D eigenvalue weighted by molar-refractivity contribution is 9.10. The van der Waals surface area contributed by atoms with Crippen molar-refractivity contribution in [2.24, 2.45) is 5.73 Å². The van der Waals surface area contributed by atoms with E-state index >= 15 is 0 Å². The minimum Gasteiger partial charge on any atom is -0.503 e. The summed E-state index contributed by atoms with van der Waals surface area (Å²) in [5.41, 5.74) is 6.95. The summed E-state index contributed by atoms with van der Waals surface area (Å²) in [7, 11) is 1.51. The zero-order valence-electron chi connectivity index (χ0n) is 9.24. The SMILES string of the molecule is C=CCC[C@@H](N)c1cc(Br)c(O)c(OC)c1. The van der Waals surface area contributed by atoms with Crippen LogP contribution in [0.25, 0.3) is 0 Å². The van der Waals surface area contributed by atoms with E-state index in [1.54, 1.807) is 6.07 Å². The summed E-state index contributed by atoms with van der Waals surface area (Å²) in [5.74, 6) is 0.528. The number of nitrogens with two attached hydrogens (primary N) is 1. The largest absolute Gasteiger partial charge is 0.503 e. The second-order valence-corrected chi connectivity index (χ2v) is 4.38. The molecule has 16 heavy (non-hydrogen) atoms. The zero-order valence-corrected chi connectivity index (χ0v) is 10.8. The summed E-state index contributed by atoms with van der Waals surface area (Å²) >= 11 is 3.27. The zero-order chi connectivity index (χ0) is 12.1. The van der Waals surface area contributed by atoms with Crippen molar-refractivity contribution in [2.75, 3.05) is 7.11 Å². The maximum absolute atomic E-state index is 9.65. The first-order chi connectivity index (χ1) is 7.60. The van der Waals surface area contributed by atoms with Crippen LogP contribution in [-0.4, -0.2) is 12.2 Å². The molecule has 0 spiro atoms. The van der Waals surface area contributed by atoms with Crippen LogP contribution in [-0.2, 0) is 0 Å². The minimum atomic E-state index is -0.0798. The summed E-state index contributed by atoms with van der Waals surface area (Å²) < 4.78 is 5.66. The van der Waals surface area contributed by atoms with E-state index in [-0.39, 0.29) is 11.8 Å². The van der Waals surface area contributed by atoms with Gasteiger partial charge in [-0.15, -0.1) is 6.58 Å². The van der Waals surface area contributed by atoms with Crippen LogP contribution >= 0.6 is 15.9 Å². The standard InChI is InChI=1S/C12H16BrNO2/c1-3-4-5-10(14)8-6-9(13)12(15)11(7-8)16-2/h3,6-7,10,15H,1,4-5,14H2,2H3/t10-/m1/s1. The van der Waals surface area contributed by atoms with Crippen LogP contribution in [0.1, 0.15) is 24.4 Å². The summed E-state index contributed by atoms with van der Waals surface area (Å²) in [6.07, 6.45) is 3.53. The Hall–Kier alpha value is -1.00. The second-order valence-electron chi connectivity index (χ2n) is 3.53. The van der Waals surface area contributed by atoms with E-state index in [2.05, 4.69) is 22.5 Å². The molecule has 3 N–H and O–H groups in total. The van der Waals surface area contributed by atoms with E-state index in [0.717, 1.165) is 18.4 Å². The lowest BCUT2D eigenvalue weighted by Gasteiger charge is -2.14. The molecule has 88 valence electrons. The fraction of sp³-hybridized carbons (Fsp3) is 0.333. The predicted octanol–water partition coefficient (Wildman–Crippen LogP) is 3.13. The molecule has 0 aliphatic carbocycles. The number of aromatic hydroxyl groups is 1. The molecule has 0 saturated carbocycles. The Labute approximate surface area is 104 Å². The number of rotatable bonds is 5. The third-order valence-corrected chi connectivity index (χ3v) is 2.99. The van der Waals surface area contributed by atoms with Gasteiger partial charge in [0.2, 0.25) is 0 Å². The lowest BCUT2D eigenvalue weighted by atomic mass is 10.0. The Bertz CT molecular complexity index is 380. The van der Waals surface area contributed by atoms with Crippen LogP contribution in [0.2, 0.25) is 0 Å². The quantitative estimate of drug-likeness (QED) is 0.818. The molecule has 0 aliphatic heterocycles. The fourth-order valence-electron chi connectivity index (χ4n) is 1.43. The average Bonchev–Trinajstić information content (AvgIpc) is 2.29. The lowest BCUT2D eigenvalue weighted by molar-refractivity contribution is 0.371. The van der Waals surface area contributed by atoms with Crippen LogP contribution in [0, 0.1) is 0 Å². The van der Waals surface area contributed by atoms with Crippen LogP contribution < -0.4 is 10.5 Å². The second kappa shape index (κ2) is 5.92. The highest BCUT2D eigenvalue weighted by Crippen LogP contribution is 2.37. The molecule has 0 bridgehead atoms. The van der Waals surface area contributed by atoms with Gasteiger partial charge >= 0.3 is 0 Å². The number of phenols is 1. The number of methoxy groups -OCH3 is 1. The van der Waals surface area contributed by atoms with Gasteiger partial charge < -0.3 is 15.6 Å². The number of phenolic OH excluding ortho intramolecular Hbond substituents is 1. The monoisotopic (exact) mass is 285 g/mol. The highest BCUT2D eigenvalue weighted by Gasteiger charge is 2.12. The van der Waals surface area contributed by atoms with E-state index in [0.29, 0.717) is 10.2 Å². The van der Waals surface area contributed by atoms with E-state index in [1.165, 1.54) is 7.11 Å². The maximum Gasteiger partial charge on any atom is 0.172 e. The fourth-order valence-corrected chi connectivity index (χ4v) is 1.89. The molecule has 0 aromatic heterocycles. The number of halogens is 1. The van der Waals surface area contributed by atoms with Gasteiger partial charge in [-0.25, -0.2) is 0 Å². The summed E-state index contributed by atoms with van der Waals surface area (Å²) in [6, 6.07) is 3.49. The van der Waals surface area contributed by atoms with E-state index < -0.39 is 0 Å². The number of allylic oxidation sites excluding steroid dienone is 1. The topological polar surface area (TPSA) is 55.5 Å². The molecule has 0 fully saturated rings. The van der Waals surface area contributed by atoms with Gasteiger partial charge in [0, 0.05) is 6.04 Å². The molecular weight excluding hydrogens is 270 g/mol. The lowest BCUT2D eigenvalue weighted by Crippen LogP contribution is -2.10. The van der Waals surface area contributed by atoms with E-state index in [1.807, 2.05) is 12.1 Å². The molecule has 0 saturated heterocycles. The smallest absolute Gasteiger partial charge is 0.172 e. The Morgan fingerprint density at radius 3 is 2.88 bits per heavy atom. The van der Waals surface area contributed by atoms with Crippen LogP contribution in [0.15, 0.2) is 29.3 Å². The molecule has 1 aromatic carbocycles. The minimum absolute atomic E-state index is 0.0798. The van der Waals surface area contributed by atoms with Gasteiger partial charge in [0.05, 0.1) is 11.6 Å². The molecule has 1 rings (SSSR count). The summed E-state index contributed by atoms with van der Waals surface area (Å²) in [6.45, 7) is 3.66. The van der Waals surface area contributed by atoms with Gasteiger partial charge in [-0.2, -0.15) is 0 Å². The normalized spacial score (nSPS) is 12.2. The number of benzene rings is 1. The Kier molecular flexibility index (Phi) is 4.83. The van der Waals surface area contributed by atoms with Gasteiger partial charge in [-0.3, -0.25) is 0 Å². The van der Waals surface area contributed by atoms with Gasteiger partial charge in [-0.05, 0) is 46.5 Å². The van der Waals surface area contributed by atoms with Gasteiger partial charge in [0.15, 0.2) is 11.5 Å². The van der Waals surface area contributed by atoms with Crippen molar-refractivity contribution in [3.63, 3.8) is 0 Å². The first kappa shape index (κ1) is 13.1. The van der Waals surface area contributed by atoms with Crippen molar-refractivity contribution in [1.82, 2.24) is 0 Å². The molecule has 1 aromatic rings. The van der Waals surface area contributed by atoms with Gasteiger partial charge in [0.1, 0.15) is 0 Å². The van der Waals surface area contributed by atoms with Gasteiger partial charge in [0.25, 0.3) is 0 Å². The van der Waals surface area contributed by atoms with Crippen LogP contribution in [0.3, 0.4) is 0 Å². The molecule has 3 nitrogen and oxygen atoms in total. The highest BCUT2D eigenvalue weighted by atomic mass is 79.9. The van der Waals surface area contributed by atoms with Crippen molar-refractivity contribution in [2.45, 2.75) is 18.9 Å². The van der Waals surface area contributed by atoms with Crippen LogP contribution in [0.4, 0.5) is 0 Å². The predicted molar refractivity (Wildman–Crippen MR) is 68.7 cm³/mol. The third kappa shape index (κ3) is 3.00. The van der Waals surface area contributed by atoms with Crippen LogP contribution in [0.5, 0.6) is 11.5 Å². The first-order valence-corrected chi connectivity index (χ1v) is 5.82. The maximum atomic E-state index is 9.65. The molecule has 0 radical (unpaired) electrons.